The number of likely N-dealkylation sites (tertiary alicyclic amines) is 1. The molecule has 0 unspecified atom stereocenters. The smallest absolute Gasteiger partial charge is 0.338 e. The maximum absolute atomic E-state index is 12.9. The van der Waals surface area contributed by atoms with E-state index in [1.807, 2.05) is 32.0 Å². The van der Waals surface area contributed by atoms with Crippen LogP contribution < -0.4 is 5.32 Å². The van der Waals surface area contributed by atoms with Gasteiger partial charge in [-0.05, 0) is 62.1 Å². The summed E-state index contributed by atoms with van der Waals surface area (Å²) < 4.78 is 38.8. The fourth-order valence-electron chi connectivity index (χ4n) is 3.51. The molecule has 0 aromatic heterocycles. The molecular weight excluding hydrogens is 381 g/mol. The number of benzene rings is 2. The Hall–Kier alpha value is -2.83. The third-order valence-electron chi connectivity index (χ3n) is 5.38. The molecule has 0 aliphatic carbocycles. The van der Waals surface area contributed by atoms with Gasteiger partial charge in [0.25, 0.3) is 5.91 Å². The molecule has 1 N–H and O–H groups in total. The Bertz CT molecular complexity index is 925. The highest BCUT2D eigenvalue weighted by Gasteiger charge is 2.33. The first kappa shape index (κ1) is 20.9. The van der Waals surface area contributed by atoms with E-state index in [0.717, 1.165) is 28.9 Å². The van der Waals surface area contributed by atoms with Gasteiger partial charge in [0.2, 0.25) is 5.91 Å². The Morgan fingerprint density at radius 3 is 2.55 bits per heavy atom. The second-order valence-electron chi connectivity index (χ2n) is 7.41. The van der Waals surface area contributed by atoms with Crippen LogP contribution in [0.4, 0.5) is 18.9 Å². The van der Waals surface area contributed by atoms with E-state index in [4.69, 9.17) is 0 Å². The maximum atomic E-state index is 12.9. The molecule has 7 heteroatoms. The van der Waals surface area contributed by atoms with Gasteiger partial charge in [-0.15, -0.1) is 0 Å². The second kappa shape index (κ2) is 8.27. The normalized spacial score (nSPS) is 17.1. The number of nitrogens with one attached hydrogen (secondary N) is 1. The number of carbonyl (C=O) groups excluding carboxylic acids is 2. The Labute approximate surface area is 167 Å². The molecule has 154 valence electrons. The van der Waals surface area contributed by atoms with Crippen molar-refractivity contribution in [3.8, 4) is 0 Å². The van der Waals surface area contributed by atoms with E-state index in [-0.39, 0.29) is 18.0 Å². The standard InChI is InChI=1S/C22H23F3N2O2/c1-14-6-3-10-19(15(14)2)26-20(28)17-8-5-11-27(13-17)21(29)16-7-4-9-18(12-16)22(23,24)25/h3-4,6-7,9-10,12,17H,5,8,11,13H2,1-2H3,(H,26,28)/t17-/m0/s1. The summed E-state index contributed by atoms with van der Waals surface area (Å²) in [5, 5.41) is 2.92. The zero-order valence-electron chi connectivity index (χ0n) is 16.3. The van der Waals surface area contributed by atoms with E-state index in [1.54, 1.807) is 0 Å². The molecular formula is C22H23F3N2O2. The molecule has 2 amide bonds. The number of anilines is 1. The number of nitrogens with zero attached hydrogens (tertiary/aromatic N) is 1. The first-order valence-electron chi connectivity index (χ1n) is 9.50. The van der Waals surface area contributed by atoms with Gasteiger partial charge in [0.1, 0.15) is 0 Å². The lowest BCUT2D eigenvalue weighted by Gasteiger charge is -2.32. The quantitative estimate of drug-likeness (QED) is 0.798. The number of hydrogen-bond acceptors (Lipinski definition) is 2. The topological polar surface area (TPSA) is 49.4 Å². The third kappa shape index (κ3) is 4.78. The first-order valence-corrected chi connectivity index (χ1v) is 9.50. The van der Waals surface area contributed by atoms with Gasteiger partial charge in [0.05, 0.1) is 11.5 Å². The highest BCUT2D eigenvalue weighted by atomic mass is 19.4. The molecule has 1 aliphatic heterocycles. The van der Waals surface area contributed by atoms with Crippen molar-refractivity contribution < 1.29 is 22.8 Å². The zero-order chi connectivity index (χ0) is 21.2. The molecule has 1 aliphatic rings. The highest BCUT2D eigenvalue weighted by Crippen LogP contribution is 2.30. The van der Waals surface area contributed by atoms with Crippen molar-refractivity contribution in [1.82, 2.24) is 4.90 Å². The molecule has 1 heterocycles. The van der Waals surface area contributed by atoms with Gasteiger partial charge in [-0.2, -0.15) is 13.2 Å². The highest BCUT2D eigenvalue weighted by molar-refractivity contribution is 5.96. The van der Waals surface area contributed by atoms with Crippen molar-refractivity contribution in [2.75, 3.05) is 18.4 Å². The van der Waals surface area contributed by atoms with E-state index in [2.05, 4.69) is 5.32 Å². The minimum atomic E-state index is -4.51. The lowest BCUT2D eigenvalue weighted by atomic mass is 9.96. The second-order valence-corrected chi connectivity index (χ2v) is 7.41. The summed E-state index contributed by atoms with van der Waals surface area (Å²) >= 11 is 0. The van der Waals surface area contributed by atoms with Crippen LogP contribution in [-0.2, 0) is 11.0 Å². The summed E-state index contributed by atoms with van der Waals surface area (Å²) in [6.07, 6.45) is -3.26. The molecule has 0 bridgehead atoms. The average molecular weight is 404 g/mol. The molecule has 0 radical (unpaired) electrons. The number of amides is 2. The van der Waals surface area contributed by atoms with Crippen molar-refractivity contribution >= 4 is 17.5 Å². The van der Waals surface area contributed by atoms with Gasteiger partial charge < -0.3 is 10.2 Å². The summed E-state index contributed by atoms with van der Waals surface area (Å²) in [6, 6.07) is 10.1. The molecule has 29 heavy (non-hydrogen) atoms. The summed E-state index contributed by atoms with van der Waals surface area (Å²) in [7, 11) is 0. The van der Waals surface area contributed by atoms with Gasteiger partial charge in [-0.1, -0.05) is 18.2 Å². The Morgan fingerprint density at radius 2 is 1.83 bits per heavy atom. The van der Waals surface area contributed by atoms with Crippen LogP contribution in [0.1, 0.15) is 39.9 Å². The molecule has 1 saturated heterocycles. The van der Waals surface area contributed by atoms with E-state index < -0.39 is 23.6 Å². The molecule has 4 nitrogen and oxygen atoms in total. The summed E-state index contributed by atoms with van der Waals surface area (Å²) in [5.74, 6) is -1.07. The molecule has 3 rings (SSSR count). The van der Waals surface area contributed by atoms with E-state index in [1.165, 1.54) is 17.0 Å². The molecule has 2 aromatic carbocycles. The predicted octanol–water partition coefficient (Wildman–Crippen LogP) is 4.81. The largest absolute Gasteiger partial charge is 0.416 e. The number of halogens is 3. The van der Waals surface area contributed by atoms with Gasteiger partial charge in [0, 0.05) is 24.3 Å². The molecule has 1 atom stereocenters. The zero-order valence-corrected chi connectivity index (χ0v) is 16.3. The number of rotatable bonds is 3. The Kier molecular flexibility index (Phi) is 5.96. The van der Waals surface area contributed by atoms with Gasteiger partial charge in [0.15, 0.2) is 0 Å². The van der Waals surface area contributed by atoms with Crippen LogP contribution in [-0.4, -0.2) is 29.8 Å². The van der Waals surface area contributed by atoms with Crippen molar-refractivity contribution in [3.63, 3.8) is 0 Å². The molecule has 1 fully saturated rings. The Balaban J connectivity index is 1.71. The first-order chi connectivity index (χ1) is 13.7. The summed E-state index contributed by atoms with van der Waals surface area (Å²) in [6.45, 7) is 4.49. The minimum absolute atomic E-state index is 0.0181. The Morgan fingerprint density at radius 1 is 1.10 bits per heavy atom. The summed E-state index contributed by atoms with van der Waals surface area (Å²) in [5.41, 5.74) is 1.90. The molecule has 2 aromatic rings. The number of hydrogen-bond donors (Lipinski definition) is 1. The fraction of sp³-hybridized carbons (Fsp3) is 0.364. The third-order valence-corrected chi connectivity index (χ3v) is 5.38. The van der Waals surface area contributed by atoms with Crippen LogP contribution in [0.15, 0.2) is 42.5 Å². The maximum Gasteiger partial charge on any atom is 0.416 e. The number of aryl methyl sites for hydroxylation is 1. The van der Waals surface area contributed by atoms with Crippen LogP contribution in [0.5, 0.6) is 0 Å². The van der Waals surface area contributed by atoms with Crippen molar-refractivity contribution in [2.45, 2.75) is 32.9 Å². The summed E-state index contributed by atoms with van der Waals surface area (Å²) in [4.78, 5) is 26.9. The van der Waals surface area contributed by atoms with E-state index in [9.17, 15) is 22.8 Å². The van der Waals surface area contributed by atoms with Crippen LogP contribution in [0, 0.1) is 19.8 Å². The lowest BCUT2D eigenvalue weighted by molar-refractivity contribution is -0.137. The van der Waals surface area contributed by atoms with E-state index >= 15 is 0 Å². The molecule has 0 saturated carbocycles. The van der Waals surface area contributed by atoms with Gasteiger partial charge in [-0.25, -0.2) is 0 Å². The predicted molar refractivity (Wildman–Crippen MR) is 105 cm³/mol. The SMILES string of the molecule is Cc1cccc(NC(=O)[C@H]2CCCN(C(=O)c3cccc(C(F)(F)F)c3)C2)c1C. The average Bonchev–Trinajstić information content (AvgIpc) is 2.70. The number of alkyl halides is 3. The van der Waals surface area contributed by atoms with Gasteiger partial charge >= 0.3 is 6.18 Å². The van der Waals surface area contributed by atoms with Crippen molar-refractivity contribution in [1.29, 1.82) is 0 Å². The lowest BCUT2D eigenvalue weighted by Crippen LogP contribution is -2.43. The van der Waals surface area contributed by atoms with Crippen molar-refractivity contribution in [2.24, 2.45) is 5.92 Å². The van der Waals surface area contributed by atoms with Crippen molar-refractivity contribution in [3.05, 3.63) is 64.7 Å². The van der Waals surface area contributed by atoms with E-state index in [0.29, 0.717) is 19.4 Å². The molecule has 0 spiro atoms. The van der Waals surface area contributed by atoms with Gasteiger partial charge in [-0.3, -0.25) is 9.59 Å². The number of piperidine rings is 1. The van der Waals surface area contributed by atoms with Crippen LogP contribution in [0.3, 0.4) is 0 Å². The monoisotopic (exact) mass is 404 g/mol. The van der Waals surface area contributed by atoms with Crippen LogP contribution in [0.2, 0.25) is 0 Å². The minimum Gasteiger partial charge on any atom is -0.338 e. The fourth-order valence-corrected chi connectivity index (χ4v) is 3.51. The van der Waals surface area contributed by atoms with Crippen LogP contribution >= 0.6 is 0 Å². The van der Waals surface area contributed by atoms with Crippen LogP contribution in [0.25, 0.3) is 0 Å². The number of carbonyl (C=O) groups is 2.